The summed E-state index contributed by atoms with van der Waals surface area (Å²) in [5.74, 6) is 0.945. The van der Waals surface area contributed by atoms with E-state index in [1.54, 1.807) is 6.92 Å². The molecule has 112 valence electrons. The van der Waals surface area contributed by atoms with Crippen LogP contribution < -0.4 is 51.4 Å². The van der Waals surface area contributed by atoms with E-state index in [9.17, 15) is 9.59 Å². The van der Waals surface area contributed by atoms with Gasteiger partial charge in [0.25, 0.3) is 0 Å². The van der Waals surface area contributed by atoms with Gasteiger partial charge in [-0.2, -0.15) is 0 Å². The number of alkyl halides is 3. The van der Waals surface area contributed by atoms with Crippen molar-refractivity contribution in [2.45, 2.75) is 34.1 Å². The van der Waals surface area contributed by atoms with Gasteiger partial charge in [0, 0.05) is 33.8 Å². The van der Waals surface area contributed by atoms with Crippen molar-refractivity contribution >= 4 is 82.4 Å². The predicted molar refractivity (Wildman–Crippen MR) is 98.5 cm³/mol. The fourth-order valence-electron chi connectivity index (χ4n) is 0.321. The summed E-state index contributed by atoms with van der Waals surface area (Å²) in [5, 5.41) is 3.18. The second-order valence-electron chi connectivity index (χ2n) is 2.61. The fraction of sp³-hybridized carbons (Fsp3) is 0.818. The van der Waals surface area contributed by atoms with E-state index >= 15 is 0 Å². The van der Waals surface area contributed by atoms with Gasteiger partial charge in [0.05, 0.1) is 0 Å². The Morgan fingerprint density at radius 2 is 1.32 bits per heavy atom. The third-order valence-electron chi connectivity index (χ3n) is 0.851. The van der Waals surface area contributed by atoms with Gasteiger partial charge in [0.2, 0.25) is 0 Å². The quantitative estimate of drug-likeness (QED) is 0.236. The van der Waals surface area contributed by atoms with Crippen LogP contribution in [0.1, 0.15) is 34.1 Å². The Balaban J connectivity index is -0.0000000524. The van der Waals surface area contributed by atoms with Gasteiger partial charge in [-0.25, -0.2) is 0 Å². The normalized spacial score (nSPS) is 7.42. The Kier molecular flexibility index (Phi) is 57.9. The summed E-state index contributed by atoms with van der Waals surface area (Å²) in [6, 6.07) is 0. The Morgan fingerprint density at radius 3 is 1.47 bits per heavy atom. The first-order valence-corrected chi connectivity index (χ1v) is 9.67. The minimum atomic E-state index is -0.250. The first-order chi connectivity index (χ1) is 7.92. The third kappa shape index (κ3) is 75.9. The maximum absolute atomic E-state index is 10.3. The van der Waals surface area contributed by atoms with Gasteiger partial charge < -0.3 is 17.4 Å². The number of carbonyl (C=O) groups is 2. The molecule has 0 aromatic rings. The van der Waals surface area contributed by atoms with E-state index in [0.29, 0.717) is 0 Å². The van der Waals surface area contributed by atoms with E-state index in [-0.39, 0.29) is 69.0 Å². The molecular weight excluding hydrogens is 507 g/mol. The number of hydrogen-bond acceptors (Lipinski definition) is 4. The van der Waals surface area contributed by atoms with E-state index in [4.69, 9.17) is 0 Å². The zero-order valence-electron chi connectivity index (χ0n) is 11.0. The van der Waals surface area contributed by atoms with Crippen molar-refractivity contribution in [2.24, 2.45) is 0 Å². The first kappa shape index (κ1) is 33.6. The summed E-state index contributed by atoms with van der Waals surface area (Å²) in [6.45, 7) is 2.94. The molecule has 19 heavy (non-hydrogen) atoms. The van der Waals surface area contributed by atoms with Crippen molar-refractivity contribution in [1.82, 2.24) is 0 Å². The van der Waals surface area contributed by atoms with E-state index in [2.05, 4.69) is 60.4 Å². The molecule has 0 aliphatic rings. The molecule has 8 heteroatoms. The minimum Gasteiger partial charge on any atom is -0.742 e. The van der Waals surface area contributed by atoms with Crippen molar-refractivity contribution in [2.75, 3.05) is 21.7 Å². The second kappa shape index (κ2) is 32.8. The maximum atomic E-state index is 10.3. The number of carbonyl (C=O) groups excluding carboxylic acids is 2. The molecule has 2 nitrogen and oxygen atoms in total. The van der Waals surface area contributed by atoms with Crippen molar-refractivity contribution in [3.05, 3.63) is 0 Å². The van der Waals surface area contributed by atoms with Gasteiger partial charge in [-0.15, -0.1) is 0 Å². The topological polar surface area (TPSA) is 34.1 Å². The summed E-state index contributed by atoms with van der Waals surface area (Å²) in [7, 11) is 0. The molecule has 0 amide bonds. The van der Waals surface area contributed by atoms with Crippen LogP contribution >= 0.6 is 59.6 Å². The Labute approximate surface area is 196 Å². The molecule has 0 aromatic heterocycles. The number of rotatable bonds is 5. The molecule has 0 aromatic carbocycles. The van der Waals surface area contributed by atoms with E-state index in [1.165, 1.54) is 25.1 Å². The standard InChI is InChI=1S/C5H9BrOS.C3H6Br2.C2H4OS.CH4.K/c1-5(7)8-4-2-3-6;4-2-1-3-5;1-2(3)4;;/h2-4H2,1H3;1-3H2;1H3,(H,3,4);1H4;/q;;;;+1/p-1. The largest absolute Gasteiger partial charge is 1.00 e. The molecule has 0 bridgehead atoms. The Morgan fingerprint density at radius 1 is 1.00 bits per heavy atom. The zero-order valence-corrected chi connectivity index (χ0v) is 20.5. The fourth-order valence-corrected chi connectivity index (χ4v) is 2.86. The maximum Gasteiger partial charge on any atom is 1.00 e. The smallest absolute Gasteiger partial charge is 0.742 e. The van der Waals surface area contributed by atoms with Crippen molar-refractivity contribution < 1.29 is 61.0 Å². The van der Waals surface area contributed by atoms with Crippen LogP contribution in [-0.4, -0.2) is 32.0 Å². The van der Waals surface area contributed by atoms with Crippen LogP contribution in [0.2, 0.25) is 0 Å². The van der Waals surface area contributed by atoms with Gasteiger partial charge >= 0.3 is 51.4 Å². The van der Waals surface area contributed by atoms with Gasteiger partial charge in [0.1, 0.15) is 0 Å². The van der Waals surface area contributed by atoms with Gasteiger partial charge in [-0.3, -0.25) is 4.79 Å². The predicted octanol–water partition coefficient (Wildman–Crippen LogP) is 1.94. The SMILES string of the molecule is BrCCCBr.C.CC(=O)SCCCBr.CC(=O)[S-].[K+]. The van der Waals surface area contributed by atoms with Crippen LogP contribution in [0.4, 0.5) is 0 Å². The molecular formula is C11H22Br3KO2S2. The van der Waals surface area contributed by atoms with Crippen LogP contribution in [0.15, 0.2) is 0 Å². The summed E-state index contributed by atoms with van der Waals surface area (Å²) in [5.41, 5.74) is 0. The first-order valence-electron chi connectivity index (χ1n) is 4.91. The zero-order chi connectivity index (χ0) is 14.1. The monoisotopic (exact) mass is 526 g/mol. The molecule has 0 spiro atoms. The molecule has 0 N–H and O–H groups in total. The Hall–Kier alpha value is 2.99. The molecule has 0 unspecified atom stereocenters. The summed E-state index contributed by atoms with van der Waals surface area (Å²) < 4.78 is 0. The summed E-state index contributed by atoms with van der Waals surface area (Å²) in [6.07, 6.45) is 2.30. The molecule has 0 heterocycles. The van der Waals surface area contributed by atoms with Gasteiger partial charge in [-0.1, -0.05) is 67.0 Å². The van der Waals surface area contributed by atoms with Crippen molar-refractivity contribution in [1.29, 1.82) is 0 Å². The molecule has 0 radical (unpaired) electrons. The average Bonchev–Trinajstić information content (AvgIpc) is 2.19. The van der Waals surface area contributed by atoms with E-state index in [1.807, 2.05) is 0 Å². The molecule has 0 saturated heterocycles. The van der Waals surface area contributed by atoms with Crippen LogP contribution in [0.3, 0.4) is 0 Å². The van der Waals surface area contributed by atoms with E-state index in [0.717, 1.165) is 28.2 Å². The van der Waals surface area contributed by atoms with Gasteiger partial charge in [0.15, 0.2) is 5.12 Å². The van der Waals surface area contributed by atoms with Gasteiger partial charge in [-0.05, 0) is 19.8 Å². The van der Waals surface area contributed by atoms with Crippen LogP contribution in [0, 0.1) is 0 Å². The molecule has 0 saturated carbocycles. The van der Waals surface area contributed by atoms with Crippen LogP contribution in [-0.2, 0) is 22.2 Å². The van der Waals surface area contributed by atoms with E-state index < -0.39 is 0 Å². The third-order valence-corrected chi connectivity index (χ3v) is 3.43. The van der Waals surface area contributed by atoms with Crippen molar-refractivity contribution in [3.63, 3.8) is 0 Å². The molecule has 0 atom stereocenters. The van der Waals surface area contributed by atoms with Crippen LogP contribution in [0.25, 0.3) is 0 Å². The molecule has 0 aliphatic heterocycles. The summed E-state index contributed by atoms with van der Waals surface area (Å²) in [4.78, 5) is 19.5. The molecule has 0 rings (SSSR count). The number of halogens is 3. The summed E-state index contributed by atoms with van der Waals surface area (Å²) >= 11 is 15.2. The Bertz CT molecular complexity index is 181. The van der Waals surface area contributed by atoms with Crippen LogP contribution in [0.5, 0.6) is 0 Å². The average molecular weight is 529 g/mol. The number of thioether (sulfide) groups is 1. The molecule has 0 fully saturated rings. The van der Waals surface area contributed by atoms with Crippen molar-refractivity contribution in [3.8, 4) is 0 Å². The number of hydrogen-bond donors (Lipinski definition) is 0. The molecule has 0 aliphatic carbocycles. The minimum absolute atomic E-state index is 0. The second-order valence-corrected chi connectivity index (χ2v) is 6.83.